The molecule has 0 spiro atoms. The fourth-order valence-electron chi connectivity index (χ4n) is 6.81. The maximum Gasteiger partial charge on any atom is 0.338 e. The maximum atomic E-state index is 14.0. The molecule has 4 rings (SSSR count). The van der Waals surface area contributed by atoms with Gasteiger partial charge in [0, 0.05) is 28.6 Å². The highest BCUT2D eigenvalue weighted by Crippen LogP contribution is 2.46. The first kappa shape index (κ1) is 39.3. The minimum absolute atomic E-state index is 0.240. The second-order valence-electron chi connectivity index (χ2n) is 16.4. The first-order valence-electron chi connectivity index (χ1n) is 17.5. The van der Waals surface area contributed by atoms with Gasteiger partial charge in [0.25, 0.3) is 0 Å². The van der Waals surface area contributed by atoms with Crippen LogP contribution in [-0.2, 0) is 35.3 Å². The van der Waals surface area contributed by atoms with Gasteiger partial charge in [-0.15, -0.1) is 0 Å². The van der Waals surface area contributed by atoms with Gasteiger partial charge in [0.15, 0.2) is 6.17 Å². The number of nitrogens with one attached hydrogen (secondary N) is 4. The van der Waals surface area contributed by atoms with Gasteiger partial charge in [-0.2, -0.15) is 0 Å². The molecule has 2 aromatic carbocycles. The molecule has 5 unspecified atom stereocenters. The molecule has 0 aromatic heterocycles. The smallest absolute Gasteiger partial charge is 0.338 e. The number of benzene rings is 2. The second kappa shape index (κ2) is 15.8. The monoisotopic (exact) mass is 724 g/mol. The predicted octanol–water partition coefficient (Wildman–Crippen LogP) is 4.38. The lowest BCUT2D eigenvalue weighted by Crippen LogP contribution is -2.67. The number of amides is 2. The molecule has 11 nitrogen and oxygen atoms in total. The molecule has 50 heavy (non-hydrogen) atoms. The number of carbonyl (C=O) groups is 4. The Labute approximate surface area is 299 Å². The molecular weight excluding hydrogens is 669 g/mol. The van der Waals surface area contributed by atoms with E-state index in [9.17, 15) is 19.2 Å². The molecule has 2 aromatic rings. The van der Waals surface area contributed by atoms with Gasteiger partial charge in [0.1, 0.15) is 23.9 Å². The number of ether oxygens (including phenoxy) is 3. The van der Waals surface area contributed by atoms with Crippen molar-refractivity contribution in [3.8, 4) is 5.75 Å². The minimum Gasteiger partial charge on any atom is -0.489 e. The summed E-state index contributed by atoms with van der Waals surface area (Å²) in [6.45, 7) is 20.3. The average molecular weight is 725 g/mol. The number of hydrogen-bond acceptors (Lipinski definition) is 9. The summed E-state index contributed by atoms with van der Waals surface area (Å²) in [5.74, 6) is -1.68. The Balaban J connectivity index is 1.73. The van der Waals surface area contributed by atoms with E-state index in [2.05, 4.69) is 78.7 Å². The summed E-state index contributed by atoms with van der Waals surface area (Å²) in [5, 5.41) is 12.3. The van der Waals surface area contributed by atoms with Crippen LogP contribution in [0.5, 0.6) is 5.75 Å². The van der Waals surface area contributed by atoms with E-state index in [0.29, 0.717) is 30.9 Å². The summed E-state index contributed by atoms with van der Waals surface area (Å²) in [4.78, 5) is 53.5. The van der Waals surface area contributed by atoms with E-state index in [4.69, 9.17) is 14.2 Å². The Hall–Kier alpha value is -3.53. The van der Waals surface area contributed by atoms with Crippen LogP contribution in [0.2, 0.25) is 51.4 Å². The third-order valence-electron chi connectivity index (χ3n) is 9.78. The van der Waals surface area contributed by atoms with Crippen LogP contribution in [0.15, 0.2) is 42.5 Å². The number of aryl methyl sites for hydroxylation is 2. The van der Waals surface area contributed by atoms with Gasteiger partial charge >= 0.3 is 11.9 Å². The standard InChI is InChI=1S/C37H56N4O7Si2/c1-25-10-11-26(2)28(22-25)23-48-29-14-12-27(13-15-29)30(37(39-24-42)16-17-38-35(37)45)36(3)31(33(43)46-18-20-49(4,5)6)40-32(41-36)34(44)47-19-21-50(7,8)9/h10-15,22,24,30-32,40-41H,16-21,23H2,1-9H3,(H,38,45)(H,39,42). The summed E-state index contributed by atoms with van der Waals surface area (Å²) in [6.07, 6.45) is -0.272. The summed E-state index contributed by atoms with van der Waals surface area (Å²) in [6, 6.07) is 14.1. The molecule has 13 heteroatoms. The molecular formula is C37H56N4O7Si2. The van der Waals surface area contributed by atoms with E-state index in [0.717, 1.165) is 28.8 Å². The van der Waals surface area contributed by atoms with E-state index in [1.807, 2.05) is 38.1 Å². The first-order chi connectivity index (χ1) is 23.4. The highest BCUT2D eigenvalue weighted by Gasteiger charge is 2.63. The van der Waals surface area contributed by atoms with E-state index in [1.165, 1.54) is 0 Å². The fraction of sp³-hybridized carbons (Fsp3) is 0.568. The topological polar surface area (TPSA) is 144 Å². The van der Waals surface area contributed by atoms with E-state index >= 15 is 0 Å². The van der Waals surface area contributed by atoms with E-state index < -0.39 is 57.3 Å². The number of hydrogen-bond donors (Lipinski definition) is 4. The zero-order chi connectivity index (χ0) is 36.9. The Bertz CT molecular complexity index is 1540. The molecule has 0 aliphatic carbocycles. The van der Waals surface area contributed by atoms with Crippen molar-refractivity contribution < 1.29 is 33.4 Å². The molecule has 2 fully saturated rings. The van der Waals surface area contributed by atoms with Gasteiger partial charge in [-0.1, -0.05) is 75.2 Å². The van der Waals surface area contributed by atoms with Crippen molar-refractivity contribution in [2.24, 2.45) is 0 Å². The Morgan fingerprint density at radius 3 is 2.14 bits per heavy atom. The van der Waals surface area contributed by atoms with Crippen LogP contribution in [0.25, 0.3) is 0 Å². The normalized spacial score (nSPS) is 24.3. The average Bonchev–Trinajstić information content (AvgIpc) is 3.57. The van der Waals surface area contributed by atoms with Crippen molar-refractivity contribution in [1.29, 1.82) is 0 Å². The summed E-state index contributed by atoms with van der Waals surface area (Å²) in [5.41, 5.74) is 1.27. The number of rotatable bonds is 16. The van der Waals surface area contributed by atoms with Crippen molar-refractivity contribution in [2.75, 3.05) is 19.8 Å². The SMILES string of the molecule is Cc1ccc(C)c(COc2ccc(C(C3(NC=O)CCNC3=O)C3(C)NC(C(=O)OCC[Si](C)(C)C)NC3C(=O)OCC[Si](C)(C)C)cc2)c1. The third-order valence-corrected chi connectivity index (χ3v) is 13.2. The first-order valence-corrected chi connectivity index (χ1v) is 25.0. The second-order valence-corrected chi connectivity index (χ2v) is 27.6. The van der Waals surface area contributed by atoms with Gasteiger partial charge in [-0.3, -0.25) is 25.0 Å². The molecule has 2 amide bonds. The van der Waals surface area contributed by atoms with Crippen LogP contribution >= 0.6 is 0 Å². The highest BCUT2D eigenvalue weighted by atomic mass is 28.3. The van der Waals surface area contributed by atoms with Crippen molar-refractivity contribution >= 4 is 40.4 Å². The molecule has 0 bridgehead atoms. The maximum absolute atomic E-state index is 14.0. The molecule has 2 heterocycles. The van der Waals surface area contributed by atoms with Crippen LogP contribution in [0.1, 0.15) is 41.5 Å². The minimum atomic E-state index is -1.53. The third kappa shape index (κ3) is 9.42. The summed E-state index contributed by atoms with van der Waals surface area (Å²) < 4.78 is 17.7. The molecule has 2 aliphatic rings. The molecule has 5 atom stereocenters. The van der Waals surface area contributed by atoms with Gasteiger partial charge in [0.2, 0.25) is 12.3 Å². The van der Waals surface area contributed by atoms with Crippen LogP contribution in [0, 0.1) is 13.8 Å². The van der Waals surface area contributed by atoms with Crippen molar-refractivity contribution in [2.45, 2.75) is 114 Å². The van der Waals surface area contributed by atoms with Crippen LogP contribution < -0.4 is 26.0 Å². The summed E-state index contributed by atoms with van der Waals surface area (Å²) >= 11 is 0. The highest BCUT2D eigenvalue weighted by molar-refractivity contribution is 6.76. The van der Waals surface area contributed by atoms with Gasteiger partial charge in [-0.05, 0) is 68.1 Å². The molecule has 0 saturated carbocycles. The lowest BCUT2D eigenvalue weighted by molar-refractivity contribution is -0.148. The lowest BCUT2D eigenvalue weighted by Gasteiger charge is -2.46. The molecule has 0 radical (unpaired) electrons. The fourth-order valence-corrected chi connectivity index (χ4v) is 8.24. The molecule has 4 N–H and O–H groups in total. The summed E-state index contributed by atoms with van der Waals surface area (Å²) in [7, 11) is -3.01. The van der Waals surface area contributed by atoms with Gasteiger partial charge in [-0.25, -0.2) is 4.79 Å². The van der Waals surface area contributed by atoms with Crippen molar-refractivity contribution in [3.05, 3.63) is 64.7 Å². The Kier molecular flexibility index (Phi) is 12.4. The zero-order valence-electron chi connectivity index (χ0n) is 31.2. The van der Waals surface area contributed by atoms with Gasteiger partial charge in [0.05, 0.1) is 18.8 Å². The lowest BCUT2D eigenvalue weighted by atomic mass is 9.65. The molecule has 274 valence electrons. The largest absolute Gasteiger partial charge is 0.489 e. The van der Waals surface area contributed by atoms with E-state index in [-0.39, 0.29) is 25.5 Å². The van der Waals surface area contributed by atoms with Crippen LogP contribution in [-0.4, -0.2) is 83.4 Å². The Morgan fingerprint density at radius 1 is 0.960 bits per heavy atom. The predicted molar refractivity (Wildman–Crippen MR) is 199 cm³/mol. The quantitative estimate of drug-likeness (QED) is 0.113. The van der Waals surface area contributed by atoms with Crippen molar-refractivity contribution in [1.82, 2.24) is 21.3 Å². The molecule has 2 saturated heterocycles. The van der Waals surface area contributed by atoms with Crippen molar-refractivity contribution in [3.63, 3.8) is 0 Å². The number of carbonyl (C=O) groups excluding carboxylic acids is 4. The van der Waals surface area contributed by atoms with Gasteiger partial charge < -0.3 is 24.8 Å². The molecule has 2 aliphatic heterocycles. The van der Waals surface area contributed by atoms with Crippen LogP contribution in [0.4, 0.5) is 0 Å². The van der Waals surface area contributed by atoms with E-state index in [1.54, 1.807) is 6.92 Å². The van der Waals surface area contributed by atoms with Crippen LogP contribution in [0.3, 0.4) is 0 Å². The Morgan fingerprint density at radius 2 is 1.58 bits per heavy atom. The zero-order valence-corrected chi connectivity index (χ0v) is 33.2. The number of esters is 2.